The molecule has 1 rings (SSSR count). The summed E-state index contributed by atoms with van der Waals surface area (Å²) in [6.45, 7) is 2.15. The predicted octanol–water partition coefficient (Wildman–Crippen LogP) is -0.576. The Hall–Kier alpha value is -1.14. The van der Waals surface area contributed by atoms with Crippen LogP contribution >= 0.6 is 0 Å². The predicted molar refractivity (Wildman–Crippen MR) is 56.8 cm³/mol. The van der Waals surface area contributed by atoms with E-state index in [2.05, 4.69) is 0 Å². The maximum Gasteiger partial charge on any atom is 0.326 e. The van der Waals surface area contributed by atoms with Crippen molar-refractivity contribution in [2.45, 2.75) is 38.0 Å². The second kappa shape index (κ2) is 5.27. The zero-order valence-electron chi connectivity index (χ0n) is 9.55. The molecule has 6 heteroatoms. The third-order valence-electron chi connectivity index (χ3n) is 2.98. The first-order valence-corrected chi connectivity index (χ1v) is 5.30. The Morgan fingerprint density at radius 1 is 1.56 bits per heavy atom. The molecule has 1 amide bonds. The smallest absolute Gasteiger partial charge is 0.326 e. The highest BCUT2D eigenvalue weighted by Crippen LogP contribution is 2.18. The second-order valence-corrected chi connectivity index (χ2v) is 3.99. The maximum absolute atomic E-state index is 11.9. The van der Waals surface area contributed by atoms with Crippen molar-refractivity contribution in [2.75, 3.05) is 13.7 Å². The van der Waals surface area contributed by atoms with Gasteiger partial charge in [-0.25, -0.2) is 4.79 Å². The molecule has 16 heavy (non-hydrogen) atoms. The summed E-state index contributed by atoms with van der Waals surface area (Å²) in [5.41, 5.74) is 5.70. The van der Waals surface area contributed by atoms with Crippen LogP contribution in [0.25, 0.3) is 0 Å². The van der Waals surface area contributed by atoms with Crippen LogP contribution in [0.3, 0.4) is 0 Å². The Kier molecular flexibility index (Phi) is 4.26. The molecule has 1 heterocycles. The Bertz CT molecular complexity index is 282. The van der Waals surface area contributed by atoms with Gasteiger partial charge in [0.2, 0.25) is 5.91 Å². The van der Waals surface area contributed by atoms with Crippen LogP contribution in [0.5, 0.6) is 0 Å². The molecular formula is C10H18N2O4. The van der Waals surface area contributed by atoms with E-state index in [0.29, 0.717) is 19.4 Å². The van der Waals surface area contributed by atoms with Gasteiger partial charge in [0.15, 0.2) is 0 Å². The Morgan fingerprint density at radius 3 is 2.69 bits per heavy atom. The van der Waals surface area contributed by atoms with Gasteiger partial charge in [-0.05, 0) is 19.8 Å². The van der Waals surface area contributed by atoms with Crippen molar-refractivity contribution in [2.24, 2.45) is 5.73 Å². The highest BCUT2D eigenvalue weighted by atomic mass is 16.5. The molecule has 0 aromatic carbocycles. The van der Waals surface area contributed by atoms with Crippen LogP contribution < -0.4 is 5.73 Å². The molecule has 0 aromatic heterocycles. The van der Waals surface area contributed by atoms with Gasteiger partial charge in [-0.2, -0.15) is 0 Å². The fourth-order valence-corrected chi connectivity index (χ4v) is 1.83. The normalized spacial score (nSPS) is 24.2. The molecular weight excluding hydrogens is 212 g/mol. The van der Waals surface area contributed by atoms with Crippen molar-refractivity contribution in [1.29, 1.82) is 0 Å². The third kappa shape index (κ3) is 2.51. The molecule has 92 valence electrons. The lowest BCUT2D eigenvalue weighted by molar-refractivity contribution is -0.149. The summed E-state index contributed by atoms with van der Waals surface area (Å²) in [6, 6.07) is -1.53. The number of rotatable bonds is 4. The van der Waals surface area contributed by atoms with Crippen molar-refractivity contribution in [3.8, 4) is 0 Å². The molecule has 0 aromatic rings. The van der Waals surface area contributed by atoms with Gasteiger partial charge in [0.05, 0.1) is 6.10 Å². The van der Waals surface area contributed by atoms with Crippen LogP contribution in [0.4, 0.5) is 0 Å². The number of carboxylic acids is 1. The number of likely N-dealkylation sites (tertiary alicyclic amines) is 1. The van der Waals surface area contributed by atoms with Gasteiger partial charge < -0.3 is 20.5 Å². The van der Waals surface area contributed by atoms with Crippen LogP contribution in [0.15, 0.2) is 0 Å². The Balaban J connectivity index is 2.69. The number of nitrogens with two attached hydrogens (primary N) is 1. The number of nitrogens with zero attached hydrogens (tertiary/aromatic N) is 1. The minimum absolute atomic E-state index is 0.348. The largest absolute Gasteiger partial charge is 0.480 e. The lowest BCUT2D eigenvalue weighted by atomic mass is 10.1. The van der Waals surface area contributed by atoms with Crippen LogP contribution in [0.1, 0.15) is 19.8 Å². The molecule has 1 fully saturated rings. The maximum atomic E-state index is 11.9. The quantitative estimate of drug-likeness (QED) is 0.674. The molecule has 3 N–H and O–H groups in total. The number of aliphatic carboxylic acids is 1. The first kappa shape index (κ1) is 12.9. The molecule has 0 radical (unpaired) electrons. The standard InChI is InChI=1S/C10H18N2O4/c1-6(16-2)8(11)9(13)12-5-3-4-7(12)10(14)15/h6-8H,3-5,11H2,1-2H3,(H,14,15)/t6-,7+,8+/m1/s1. The zero-order valence-corrected chi connectivity index (χ0v) is 9.55. The van der Waals surface area contributed by atoms with Gasteiger partial charge in [-0.3, -0.25) is 4.79 Å². The van der Waals surface area contributed by atoms with Crippen molar-refractivity contribution >= 4 is 11.9 Å². The minimum Gasteiger partial charge on any atom is -0.480 e. The van der Waals surface area contributed by atoms with E-state index >= 15 is 0 Å². The third-order valence-corrected chi connectivity index (χ3v) is 2.98. The summed E-state index contributed by atoms with van der Waals surface area (Å²) in [6.07, 6.45) is 0.786. The van der Waals surface area contributed by atoms with E-state index in [1.165, 1.54) is 12.0 Å². The van der Waals surface area contributed by atoms with Gasteiger partial charge in [0.25, 0.3) is 0 Å². The van der Waals surface area contributed by atoms with Crippen molar-refractivity contribution < 1.29 is 19.4 Å². The first-order valence-electron chi connectivity index (χ1n) is 5.30. The Morgan fingerprint density at radius 2 is 2.19 bits per heavy atom. The molecule has 0 saturated carbocycles. The van der Waals surface area contributed by atoms with Crippen LogP contribution in [0, 0.1) is 0 Å². The summed E-state index contributed by atoms with van der Waals surface area (Å²) >= 11 is 0. The molecule has 1 aliphatic rings. The summed E-state index contributed by atoms with van der Waals surface area (Å²) in [5, 5.41) is 8.94. The first-order chi connectivity index (χ1) is 7.49. The van der Waals surface area contributed by atoms with E-state index in [0.717, 1.165) is 0 Å². The lowest BCUT2D eigenvalue weighted by Crippen LogP contribution is -2.52. The minimum atomic E-state index is -0.969. The summed E-state index contributed by atoms with van der Waals surface area (Å²) in [5.74, 6) is -1.32. The fraction of sp³-hybridized carbons (Fsp3) is 0.800. The second-order valence-electron chi connectivity index (χ2n) is 3.99. The highest BCUT2D eigenvalue weighted by molar-refractivity contribution is 5.87. The van der Waals surface area contributed by atoms with Gasteiger partial charge in [0, 0.05) is 13.7 Å². The number of hydrogen-bond acceptors (Lipinski definition) is 4. The topological polar surface area (TPSA) is 92.9 Å². The highest BCUT2D eigenvalue weighted by Gasteiger charge is 2.37. The molecule has 6 nitrogen and oxygen atoms in total. The van der Waals surface area contributed by atoms with E-state index in [1.54, 1.807) is 6.92 Å². The fourth-order valence-electron chi connectivity index (χ4n) is 1.83. The molecule has 0 bridgehead atoms. The number of methoxy groups -OCH3 is 1. The van der Waals surface area contributed by atoms with Crippen LogP contribution in [0.2, 0.25) is 0 Å². The average molecular weight is 230 g/mol. The number of carbonyl (C=O) groups is 2. The summed E-state index contributed by atoms with van der Waals surface area (Å²) < 4.78 is 4.97. The molecule has 0 aliphatic carbocycles. The van der Waals surface area contributed by atoms with Gasteiger partial charge >= 0.3 is 5.97 Å². The zero-order chi connectivity index (χ0) is 12.3. The van der Waals surface area contributed by atoms with Gasteiger partial charge in [-0.1, -0.05) is 0 Å². The lowest BCUT2D eigenvalue weighted by Gasteiger charge is -2.27. The van der Waals surface area contributed by atoms with Crippen molar-refractivity contribution in [1.82, 2.24) is 4.90 Å². The SMILES string of the molecule is CO[C@H](C)[C@H](N)C(=O)N1CCC[C@H]1C(=O)O. The van der Waals surface area contributed by atoms with Gasteiger partial charge in [-0.15, -0.1) is 0 Å². The summed E-state index contributed by atoms with van der Waals surface area (Å²) in [4.78, 5) is 24.2. The Labute approximate surface area is 94.3 Å². The monoisotopic (exact) mass is 230 g/mol. The van der Waals surface area contributed by atoms with Crippen LogP contribution in [-0.4, -0.2) is 53.7 Å². The van der Waals surface area contributed by atoms with E-state index in [1.807, 2.05) is 0 Å². The van der Waals surface area contributed by atoms with Crippen molar-refractivity contribution in [3.63, 3.8) is 0 Å². The number of carboxylic acid groups (broad SMARTS) is 1. The van der Waals surface area contributed by atoms with Gasteiger partial charge in [0.1, 0.15) is 12.1 Å². The number of hydrogen-bond donors (Lipinski definition) is 2. The summed E-state index contributed by atoms with van der Waals surface area (Å²) in [7, 11) is 1.47. The number of amides is 1. The van der Waals surface area contributed by atoms with Crippen LogP contribution in [-0.2, 0) is 14.3 Å². The molecule has 0 unspecified atom stereocenters. The van der Waals surface area contributed by atoms with Crippen molar-refractivity contribution in [3.05, 3.63) is 0 Å². The molecule has 1 saturated heterocycles. The molecule has 3 atom stereocenters. The number of ether oxygens (including phenoxy) is 1. The number of carbonyl (C=O) groups excluding carboxylic acids is 1. The van der Waals surface area contributed by atoms with E-state index < -0.39 is 24.2 Å². The molecule has 0 spiro atoms. The molecule has 1 aliphatic heterocycles. The van der Waals surface area contributed by atoms with E-state index in [4.69, 9.17) is 15.6 Å². The van der Waals surface area contributed by atoms with E-state index in [-0.39, 0.29) is 5.91 Å². The average Bonchev–Trinajstić information content (AvgIpc) is 2.74. The van der Waals surface area contributed by atoms with E-state index in [9.17, 15) is 9.59 Å².